The molecule has 2 amide bonds. The van der Waals surface area contributed by atoms with E-state index in [0.717, 1.165) is 12.0 Å². The van der Waals surface area contributed by atoms with Crippen LogP contribution in [0.3, 0.4) is 0 Å². The molecular formula is C15H16N2O4. The number of hydrogen-bond donors (Lipinski definition) is 1. The van der Waals surface area contributed by atoms with Crippen LogP contribution in [-0.2, 0) is 16.2 Å². The van der Waals surface area contributed by atoms with Gasteiger partial charge >= 0.3 is 12.0 Å². The molecule has 0 spiro atoms. The minimum Gasteiger partial charge on any atom is -0.480 e. The molecule has 2 aliphatic heterocycles. The maximum absolute atomic E-state index is 12.4. The number of fused-ring (bicyclic) bond motifs is 4. The van der Waals surface area contributed by atoms with E-state index in [1.54, 1.807) is 0 Å². The third-order valence-corrected chi connectivity index (χ3v) is 4.71. The molecule has 0 unspecified atom stereocenters. The molecule has 1 saturated carbocycles. The van der Waals surface area contributed by atoms with Crippen LogP contribution < -0.4 is 0 Å². The maximum atomic E-state index is 12.4. The van der Waals surface area contributed by atoms with Crippen molar-refractivity contribution in [2.24, 2.45) is 11.8 Å². The molecule has 0 aromatic heterocycles. The first-order chi connectivity index (χ1) is 10.2. The Kier molecular flexibility index (Phi) is 2.68. The predicted octanol–water partition coefficient (Wildman–Crippen LogP) is 1.33. The molecular weight excluding hydrogens is 272 g/mol. The largest absolute Gasteiger partial charge is 0.480 e. The molecule has 3 fully saturated rings. The van der Waals surface area contributed by atoms with E-state index < -0.39 is 12.0 Å². The average Bonchev–Trinajstić information content (AvgIpc) is 3.22. The van der Waals surface area contributed by atoms with E-state index in [-0.39, 0.29) is 23.9 Å². The fourth-order valence-electron chi connectivity index (χ4n) is 3.62. The van der Waals surface area contributed by atoms with Gasteiger partial charge in [0, 0.05) is 6.54 Å². The van der Waals surface area contributed by atoms with Crippen LogP contribution in [0.5, 0.6) is 0 Å². The van der Waals surface area contributed by atoms with Gasteiger partial charge in [-0.05, 0) is 23.8 Å². The number of nitrogens with zero attached hydrogens (tertiary/aromatic N) is 2. The Morgan fingerprint density at radius 1 is 1.29 bits per heavy atom. The zero-order chi connectivity index (χ0) is 14.6. The maximum Gasteiger partial charge on any atom is 0.345 e. The zero-order valence-electron chi connectivity index (χ0n) is 11.4. The fraction of sp³-hybridized carbons (Fsp3) is 0.467. The number of carbonyl (C=O) groups is 2. The van der Waals surface area contributed by atoms with Crippen molar-refractivity contribution in [3.63, 3.8) is 0 Å². The average molecular weight is 288 g/mol. The molecule has 3 aliphatic rings. The van der Waals surface area contributed by atoms with E-state index in [1.165, 1.54) is 9.96 Å². The summed E-state index contributed by atoms with van der Waals surface area (Å²) in [6, 6.07) is 8.66. The summed E-state index contributed by atoms with van der Waals surface area (Å²) >= 11 is 0. The summed E-state index contributed by atoms with van der Waals surface area (Å²) in [7, 11) is 0. The predicted molar refractivity (Wildman–Crippen MR) is 72.0 cm³/mol. The number of carboxylic acid groups (broad SMARTS) is 1. The van der Waals surface area contributed by atoms with Gasteiger partial charge in [0.2, 0.25) is 0 Å². The normalized spacial score (nSPS) is 33.0. The summed E-state index contributed by atoms with van der Waals surface area (Å²) < 4.78 is 0. The van der Waals surface area contributed by atoms with Crippen molar-refractivity contribution in [2.75, 3.05) is 6.54 Å². The number of amides is 2. The summed E-state index contributed by atoms with van der Waals surface area (Å²) in [6.07, 6.45) is 0.872. The Bertz CT molecular complexity index is 591. The number of piperidine rings is 1. The van der Waals surface area contributed by atoms with Gasteiger partial charge in [-0.2, -0.15) is 5.06 Å². The summed E-state index contributed by atoms with van der Waals surface area (Å²) in [6.45, 7) is 0.789. The molecule has 6 heteroatoms. The van der Waals surface area contributed by atoms with Crippen LogP contribution in [-0.4, -0.2) is 45.7 Å². The van der Waals surface area contributed by atoms with Crippen molar-refractivity contribution in [3.05, 3.63) is 35.9 Å². The quantitative estimate of drug-likeness (QED) is 0.907. The Labute approximate surface area is 121 Å². The van der Waals surface area contributed by atoms with E-state index >= 15 is 0 Å². The summed E-state index contributed by atoms with van der Waals surface area (Å²) in [5, 5.41) is 10.7. The molecule has 0 radical (unpaired) electrons. The van der Waals surface area contributed by atoms with Crippen molar-refractivity contribution < 1.29 is 19.5 Å². The second kappa shape index (κ2) is 4.46. The summed E-state index contributed by atoms with van der Waals surface area (Å²) in [5.41, 5.74) is 0.990. The van der Waals surface area contributed by atoms with Crippen LogP contribution >= 0.6 is 0 Å². The van der Waals surface area contributed by atoms with Gasteiger partial charge in [-0.1, -0.05) is 30.3 Å². The van der Waals surface area contributed by atoms with Gasteiger partial charge in [0.05, 0.1) is 6.04 Å². The minimum atomic E-state index is -0.904. The highest BCUT2D eigenvalue weighted by Crippen LogP contribution is 2.53. The summed E-state index contributed by atoms with van der Waals surface area (Å²) in [5.74, 6) is -0.542. The number of benzene rings is 1. The topological polar surface area (TPSA) is 70.1 Å². The molecule has 1 aromatic rings. The van der Waals surface area contributed by atoms with Crippen LogP contribution in [0.25, 0.3) is 0 Å². The second-order valence-corrected chi connectivity index (χ2v) is 5.93. The van der Waals surface area contributed by atoms with Gasteiger partial charge in [-0.15, -0.1) is 0 Å². The first-order valence-corrected chi connectivity index (χ1v) is 7.16. The van der Waals surface area contributed by atoms with Crippen molar-refractivity contribution in [3.8, 4) is 0 Å². The standard InChI is InChI=1S/C15H16N2O4/c18-14(19)13-11-6-10(11)12-7-16(13)15(20)17(12)21-8-9-4-2-1-3-5-9/h1-5,10-13H,6-8H2,(H,18,19)/t10-,11+,12+,13+/m0/s1. The highest BCUT2D eigenvalue weighted by atomic mass is 16.7. The van der Waals surface area contributed by atoms with E-state index in [2.05, 4.69) is 0 Å². The van der Waals surface area contributed by atoms with E-state index in [1.807, 2.05) is 30.3 Å². The third kappa shape index (κ3) is 1.90. The van der Waals surface area contributed by atoms with Gasteiger partial charge in [-0.3, -0.25) is 4.84 Å². The van der Waals surface area contributed by atoms with Gasteiger partial charge in [0.1, 0.15) is 12.6 Å². The van der Waals surface area contributed by atoms with Crippen molar-refractivity contribution in [1.29, 1.82) is 0 Å². The van der Waals surface area contributed by atoms with Crippen LogP contribution in [0.2, 0.25) is 0 Å². The number of aliphatic carboxylic acids is 1. The fourth-order valence-corrected chi connectivity index (χ4v) is 3.62. The Morgan fingerprint density at radius 3 is 2.76 bits per heavy atom. The third-order valence-electron chi connectivity index (χ3n) is 4.71. The highest BCUT2D eigenvalue weighted by molar-refractivity contribution is 5.85. The molecule has 1 N–H and O–H groups in total. The van der Waals surface area contributed by atoms with Gasteiger partial charge in [0.25, 0.3) is 0 Å². The minimum absolute atomic E-state index is 0.00168. The lowest BCUT2D eigenvalue weighted by molar-refractivity contribution is -0.144. The van der Waals surface area contributed by atoms with E-state index in [0.29, 0.717) is 13.2 Å². The molecule has 1 aliphatic carbocycles. The number of urea groups is 1. The van der Waals surface area contributed by atoms with Crippen LogP contribution in [0.1, 0.15) is 12.0 Å². The molecule has 21 heavy (non-hydrogen) atoms. The van der Waals surface area contributed by atoms with Crippen molar-refractivity contribution in [1.82, 2.24) is 9.96 Å². The lowest BCUT2D eigenvalue weighted by atomic mass is 10.0. The number of hydroxylamine groups is 2. The Hall–Kier alpha value is -2.08. The van der Waals surface area contributed by atoms with E-state index in [9.17, 15) is 14.7 Å². The molecule has 4 rings (SSSR count). The molecule has 4 atom stereocenters. The number of hydrogen-bond acceptors (Lipinski definition) is 3. The molecule has 2 heterocycles. The second-order valence-electron chi connectivity index (χ2n) is 5.93. The molecule has 2 bridgehead atoms. The lowest BCUT2D eigenvalue weighted by Gasteiger charge is -2.26. The van der Waals surface area contributed by atoms with Crippen LogP contribution in [0.15, 0.2) is 30.3 Å². The summed E-state index contributed by atoms with van der Waals surface area (Å²) in [4.78, 5) is 30.9. The highest BCUT2D eigenvalue weighted by Gasteiger charge is 2.64. The molecule has 110 valence electrons. The van der Waals surface area contributed by atoms with Crippen LogP contribution in [0.4, 0.5) is 4.79 Å². The van der Waals surface area contributed by atoms with Crippen LogP contribution in [0, 0.1) is 11.8 Å². The Balaban J connectivity index is 1.50. The molecule has 1 aromatic carbocycles. The SMILES string of the molecule is O=C(O)[C@H]1[C@@H]2C[C@@H]2[C@H]2CN1C(=O)N2OCc1ccccc1. The molecule has 2 saturated heterocycles. The number of rotatable bonds is 4. The first-order valence-electron chi connectivity index (χ1n) is 7.16. The zero-order valence-corrected chi connectivity index (χ0v) is 11.4. The molecule has 6 nitrogen and oxygen atoms in total. The smallest absolute Gasteiger partial charge is 0.345 e. The van der Waals surface area contributed by atoms with Gasteiger partial charge < -0.3 is 10.0 Å². The number of carboxylic acids is 1. The van der Waals surface area contributed by atoms with Gasteiger partial charge in [-0.25, -0.2) is 9.59 Å². The van der Waals surface area contributed by atoms with E-state index in [4.69, 9.17) is 4.84 Å². The van der Waals surface area contributed by atoms with Crippen molar-refractivity contribution >= 4 is 12.0 Å². The number of carbonyl (C=O) groups excluding carboxylic acids is 1. The first kappa shape index (κ1) is 12.6. The lowest BCUT2D eigenvalue weighted by Crippen LogP contribution is -2.46. The van der Waals surface area contributed by atoms with Crippen molar-refractivity contribution in [2.45, 2.75) is 25.1 Å². The monoisotopic (exact) mass is 288 g/mol. The Morgan fingerprint density at radius 2 is 2.05 bits per heavy atom. The van der Waals surface area contributed by atoms with Gasteiger partial charge in [0.15, 0.2) is 0 Å².